The molecular weight excluding hydrogens is 188 g/mol. The maximum atomic E-state index is 10.9. The van der Waals surface area contributed by atoms with E-state index in [1.165, 1.54) is 7.11 Å². The molecule has 13 heavy (non-hydrogen) atoms. The van der Waals surface area contributed by atoms with Crippen molar-refractivity contribution in [1.29, 1.82) is 0 Å². The molecule has 4 nitrogen and oxygen atoms in total. The van der Waals surface area contributed by atoms with Gasteiger partial charge in [0.1, 0.15) is 0 Å². The van der Waals surface area contributed by atoms with Crippen LogP contribution in [0.5, 0.6) is 0 Å². The predicted octanol–water partition coefficient (Wildman–Crippen LogP) is 0.158. The minimum absolute atomic E-state index is 0.252. The first kappa shape index (κ1) is 12.3. The molecule has 0 spiro atoms. The summed E-state index contributed by atoms with van der Waals surface area (Å²) in [7, 11) is 1.37. The van der Waals surface area contributed by atoms with E-state index in [1.54, 1.807) is 0 Å². The van der Waals surface area contributed by atoms with E-state index in [4.69, 9.17) is 18.0 Å². The van der Waals surface area contributed by atoms with Crippen LogP contribution in [0.15, 0.2) is 0 Å². The van der Waals surface area contributed by atoms with Gasteiger partial charge < -0.3 is 10.5 Å². The van der Waals surface area contributed by atoms with E-state index in [-0.39, 0.29) is 12.5 Å². The number of rotatable bonds is 6. The first-order chi connectivity index (χ1) is 6.10. The third-order valence-corrected chi connectivity index (χ3v) is 1.63. The first-order valence-corrected chi connectivity index (χ1v) is 4.58. The highest BCUT2D eigenvalue weighted by Gasteiger charge is 2.10. The largest absolute Gasteiger partial charge is 0.468 e. The van der Waals surface area contributed by atoms with Crippen LogP contribution in [0.2, 0.25) is 0 Å². The highest BCUT2D eigenvalue weighted by molar-refractivity contribution is 7.80. The number of carbonyl (C=O) groups is 1. The summed E-state index contributed by atoms with van der Waals surface area (Å²) in [6, 6.07) is 0. The van der Waals surface area contributed by atoms with Crippen LogP contribution < -0.4 is 5.73 Å². The fourth-order valence-electron chi connectivity index (χ4n) is 0.998. The van der Waals surface area contributed by atoms with Gasteiger partial charge in [-0.2, -0.15) is 0 Å². The third-order valence-electron chi connectivity index (χ3n) is 1.50. The first-order valence-electron chi connectivity index (χ1n) is 4.17. The van der Waals surface area contributed by atoms with Crippen molar-refractivity contribution in [2.45, 2.75) is 13.3 Å². The van der Waals surface area contributed by atoms with Gasteiger partial charge in [-0.25, -0.2) is 0 Å². The van der Waals surface area contributed by atoms with Crippen molar-refractivity contribution in [3.63, 3.8) is 0 Å². The Kier molecular flexibility index (Phi) is 6.44. The Bertz CT molecular complexity index is 185. The van der Waals surface area contributed by atoms with Crippen LogP contribution >= 0.6 is 12.2 Å². The minimum Gasteiger partial charge on any atom is -0.468 e. The van der Waals surface area contributed by atoms with Gasteiger partial charge in [-0.1, -0.05) is 19.1 Å². The smallest absolute Gasteiger partial charge is 0.319 e. The maximum Gasteiger partial charge on any atom is 0.319 e. The molecule has 0 atom stereocenters. The van der Waals surface area contributed by atoms with Crippen molar-refractivity contribution in [2.24, 2.45) is 5.73 Å². The van der Waals surface area contributed by atoms with Gasteiger partial charge in [0.2, 0.25) is 0 Å². The van der Waals surface area contributed by atoms with Gasteiger partial charge in [-0.05, 0) is 13.0 Å². The Balaban J connectivity index is 3.93. The number of methoxy groups -OCH3 is 1. The Morgan fingerprint density at radius 1 is 1.54 bits per heavy atom. The van der Waals surface area contributed by atoms with Crippen molar-refractivity contribution in [2.75, 3.05) is 26.7 Å². The summed E-state index contributed by atoms with van der Waals surface area (Å²) in [5.74, 6) is -0.260. The average Bonchev–Trinajstić information content (AvgIpc) is 2.03. The summed E-state index contributed by atoms with van der Waals surface area (Å²) in [6.45, 7) is 3.55. The molecule has 0 aromatic carbocycles. The average molecular weight is 204 g/mol. The molecule has 0 aliphatic carbocycles. The molecule has 76 valence electrons. The fourth-order valence-corrected chi connectivity index (χ4v) is 1.18. The van der Waals surface area contributed by atoms with Gasteiger partial charge in [0, 0.05) is 6.54 Å². The summed E-state index contributed by atoms with van der Waals surface area (Å²) in [5.41, 5.74) is 5.38. The van der Waals surface area contributed by atoms with Gasteiger partial charge in [0.15, 0.2) is 0 Å². The van der Waals surface area contributed by atoms with Gasteiger partial charge in [0.05, 0.1) is 18.6 Å². The van der Waals surface area contributed by atoms with E-state index in [0.717, 1.165) is 13.0 Å². The molecule has 0 aromatic rings. The molecule has 0 saturated carbocycles. The van der Waals surface area contributed by atoms with E-state index >= 15 is 0 Å². The van der Waals surface area contributed by atoms with Crippen LogP contribution in [0.25, 0.3) is 0 Å². The molecule has 0 saturated heterocycles. The van der Waals surface area contributed by atoms with E-state index in [2.05, 4.69) is 4.74 Å². The van der Waals surface area contributed by atoms with E-state index in [0.29, 0.717) is 11.5 Å². The molecule has 0 aromatic heterocycles. The topological polar surface area (TPSA) is 55.6 Å². The standard InChI is InChI=1S/C8H16N2O2S/c1-3-4-10(5-7(9)13)6-8(11)12-2/h3-6H2,1-2H3,(H2,9,13). The van der Waals surface area contributed by atoms with Crippen molar-refractivity contribution in [3.8, 4) is 0 Å². The molecular formula is C8H16N2O2S. The molecule has 0 unspecified atom stereocenters. The second-order valence-electron chi connectivity index (χ2n) is 2.75. The number of nitrogens with two attached hydrogens (primary N) is 1. The zero-order chi connectivity index (χ0) is 10.3. The number of hydrogen-bond acceptors (Lipinski definition) is 4. The van der Waals surface area contributed by atoms with Crippen LogP contribution in [-0.2, 0) is 9.53 Å². The lowest BCUT2D eigenvalue weighted by Crippen LogP contribution is -2.37. The Labute approximate surface area is 84.0 Å². The number of esters is 1. The third kappa shape index (κ3) is 6.48. The number of hydrogen-bond donors (Lipinski definition) is 1. The lowest BCUT2D eigenvalue weighted by molar-refractivity contribution is -0.141. The molecule has 0 aliphatic heterocycles. The van der Waals surface area contributed by atoms with Crippen molar-refractivity contribution in [3.05, 3.63) is 0 Å². The number of ether oxygens (including phenoxy) is 1. The molecule has 0 aliphatic rings. The van der Waals surface area contributed by atoms with Crippen LogP contribution in [0.4, 0.5) is 0 Å². The molecule has 0 rings (SSSR count). The highest BCUT2D eigenvalue weighted by atomic mass is 32.1. The fraction of sp³-hybridized carbons (Fsp3) is 0.750. The number of nitrogens with zero attached hydrogens (tertiary/aromatic N) is 1. The summed E-state index contributed by atoms with van der Waals surface area (Å²) in [6.07, 6.45) is 0.958. The number of carbonyl (C=O) groups excluding carboxylic acids is 1. The minimum atomic E-state index is -0.260. The van der Waals surface area contributed by atoms with Crippen molar-refractivity contribution < 1.29 is 9.53 Å². The normalized spacial score (nSPS) is 10.1. The zero-order valence-electron chi connectivity index (χ0n) is 8.08. The highest BCUT2D eigenvalue weighted by Crippen LogP contribution is 1.92. The predicted molar refractivity (Wildman–Crippen MR) is 55.5 cm³/mol. The maximum absolute atomic E-state index is 10.9. The van der Waals surface area contributed by atoms with Gasteiger partial charge in [0.25, 0.3) is 0 Å². The molecule has 5 heteroatoms. The Hall–Kier alpha value is -0.680. The van der Waals surface area contributed by atoms with Gasteiger partial charge in [-0.3, -0.25) is 9.69 Å². The van der Waals surface area contributed by atoms with Crippen molar-refractivity contribution in [1.82, 2.24) is 4.90 Å². The van der Waals surface area contributed by atoms with E-state index < -0.39 is 0 Å². The molecule has 0 radical (unpaired) electrons. The lowest BCUT2D eigenvalue weighted by Gasteiger charge is -2.18. The van der Waals surface area contributed by atoms with E-state index in [9.17, 15) is 4.79 Å². The molecule has 0 bridgehead atoms. The zero-order valence-corrected chi connectivity index (χ0v) is 8.89. The monoisotopic (exact) mass is 204 g/mol. The second-order valence-corrected chi connectivity index (χ2v) is 3.28. The lowest BCUT2D eigenvalue weighted by atomic mass is 10.4. The quantitative estimate of drug-likeness (QED) is 0.493. The van der Waals surface area contributed by atoms with Crippen LogP contribution in [0, 0.1) is 0 Å². The molecule has 0 amide bonds. The molecule has 0 heterocycles. The summed E-state index contributed by atoms with van der Waals surface area (Å²) >= 11 is 4.76. The van der Waals surface area contributed by atoms with Gasteiger partial charge in [-0.15, -0.1) is 0 Å². The summed E-state index contributed by atoms with van der Waals surface area (Å²) < 4.78 is 4.54. The Morgan fingerprint density at radius 3 is 2.54 bits per heavy atom. The van der Waals surface area contributed by atoms with Crippen LogP contribution in [-0.4, -0.2) is 42.6 Å². The summed E-state index contributed by atoms with van der Waals surface area (Å²) in [5, 5.41) is 0. The summed E-state index contributed by atoms with van der Waals surface area (Å²) in [4.78, 5) is 13.2. The molecule has 0 fully saturated rings. The van der Waals surface area contributed by atoms with E-state index in [1.807, 2.05) is 11.8 Å². The van der Waals surface area contributed by atoms with Crippen molar-refractivity contribution >= 4 is 23.2 Å². The SMILES string of the molecule is CCCN(CC(=O)OC)CC(N)=S. The molecule has 2 N–H and O–H groups in total. The van der Waals surface area contributed by atoms with Crippen LogP contribution in [0.1, 0.15) is 13.3 Å². The van der Waals surface area contributed by atoms with Gasteiger partial charge >= 0.3 is 5.97 Å². The number of thiocarbonyl (C=S) groups is 1. The van der Waals surface area contributed by atoms with Crippen LogP contribution in [0.3, 0.4) is 0 Å². The Morgan fingerprint density at radius 2 is 2.15 bits per heavy atom. The second kappa shape index (κ2) is 6.80.